The molecule has 0 saturated carbocycles. The minimum Gasteiger partial charge on any atom is -0.426 e. The van der Waals surface area contributed by atoms with Crippen molar-refractivity contribution in [3.05, 3.63) is 35.4 Å². The van der Waals surface area contributed by atoms with Crippen molar-refractivity contribution in [2.75, 3.05) is 13.6 Å². The molecule has 132 valence electrons. The Morgan fingerprint density at radius 1 is 1.40 bits per heavy atom. The van der Waals surface area contributed by atoms with Crippen molar-refractivity contribution in [3.8, 4) is 12.3 Å². The minimum absolute atomic E-state index is 0.383. The lowest BCUT2D eigenvalue weighted by atomic mass is 9.78. The van der Waals surface area contributed by atoms with Gasteiger partial charge in [-0.05, 0) is 37.6 Å². The molecule has 4 N–H and O–H groups in total. The van der Waals surface area contributed by atoms with Gasteiger partial charge in [0.15, 0.2) is 6.04 Å². The predicted octanol–water partition coefficient (Wildman–Crippen LogP) is -0.859. The maximum absolute atomic E-state index is 12.5. The van der Waals surface area contributed by atoms with Gasteiger partial charge >= 0.3 is 7.12 Å². The van der Waals surface area contributed by atoms with Gasteiger partial charge in [-0.25, -0.2) is 0 Å². The van der Waals surface area contributed by atoms with Crippen molar-refractivity contribution >= 4 is 18.9 Å². The summed E-state index contributed by atoms with van der Waals surface area (Å²) in [6, 6.07) is 5.81. The average Bonchev–Trinajstić information content (AvgIpc) is 3.10. The maximum Gasteiger partial charge on any atom is 0.475 e. The summed E-state index contributed by atoms with van der Waals surface area (Å²) in [6.07, 6.45) is 6.55. The van der Waals surface area contributed by atoms with Crippen LogP contribution < -0.4 is 10.6 Å². The van der Waals surface area contributed by atoms with Crippen LogP contribution in [0.15, 0.2) is 24.3 Å². The van der Waals surface area contributed by atoms with Crippen LogP contribution in [0.4, 0.5) is 0 Å². The zero-order chi connectivity index (χ0) is 18.4. The van der Waals surface area contributed by atoms with Crippen LogP contribution in [-0.2, 0) is 11.3 Å². The zero-order valence-corrected chi connectivity index (χ0v) is 14.1. The standard InChI is InChI=1S/C17H22BN3O4/c1-3-14(17(23)21-10-4-5-15(21)18(24)25)20-16(22)13-8-6-12(7-9-13)11-19-2/h1,6-9,14-15,19,24-25H,4-5,10-11H2,2H3,(H,20,22)/t14-,15+/m1/s1. The number of hydrogen-bond acceptors (Lipinski definition) is 5. The van der Waals surface area contributed by atoms with E-state index < -0.39 is 30.9 Å². The molecule has 2 amide bonds. The molecular formula is C17H22BN3O4. The second-order valence-electron chi connectivity index (χ2n) is 5.96. The topological polar surface area (TPSA) is 102 Å². The van der Waals surface area contributed by atoms with Gasteiger partial charge in [0.2, 0.25) is 0 Å². The van der Waals surface area contributed by atoms with Crippen molar-refractivity contribution in [3.63, 3.8) is 0 Å². The highest BCUT2D eigenvalue weighted by Crippen LogP contribution is 2.19. The van der Waals surface area contributed by atoms with Gasteiger partial charge in [-0.1, -0.05) is 18.1 Å². The molecule has 0 radical (unpaired) electrons. The normalized spacial score (nSPS) is 17.7. The summed E-state index contributed by atoms with van der Waals surface area (Å²) in [4.78, 5) is 26.2. The summed E-state index contributed by atoms with van der Waals surface area (Å²) in [5, 5.41) is 24.3. The highest BCUT2D eigenvalue weighted by molar-refractivity contribution is 6.43. The van der Waals surface area contributed by atoms with Gasteiger partial charge in [-0.2, -0.15) is 0 Å². The van der Waals surface area contributed by atoms with Crippen LogP contribution in [0, 0.1) is 12.3 Å². The number of rotatable bonds is 6. The van der Waals surface area contributed by atoms with Gasteiger partial charge in [0, 0.05) is 18.7 Å². The Hall–Kier alpha value is -2.34. The molecule has 25 heavy (non-hydrogen) atoms. The van der Waals surface area contributed by atoms with E-state index in [1.165, 1.54) is 4.90 Å². The second-order valence-corrected chi connectivity index (χ2v) is 5.96. The second kappa shape index (κ2) is 8.67. The summed E-state index contributed by atoms with van der Waals surface area (Å²) in [5.41, 5.74) is 1.42. The Morgan fingerprint density at radius 2 is 2.08 bits per heavy atom. The van der Waals surface area contributed by atoms with E-state index in [0.29, 0.717) is 31.5 Å². The number of nitrogens with one attached hydrogen (secondary N) is 2. The highest BCUT2D eigenvalue weighted by atomic mass is 16.4. The van der Waals surface area contributed by atoms with Crippen molar-refractivity contribution < 1.29 is 19.6 Å². The van der Waals surface area contributed by atoms with E-state index in [1.807, 2.05) is 19.2 Å². The van der Waals surface area contributed by atoms with Crippen LogP contribution in [0.1, 0.15) is 28.8 Å². The van der Waals surface area contributed by atoms with Crippen LogP contribution in [0.3, 0.4) is 0 Å². The molecule has 7 nitrogen and oxygen atoms in total. The van der Waals surface area contributed by atoms with Gasteiger partial charge in [0.1, 0.15) is 0 Å². The highest BCUT2D eigenvalue weighted by Gasteiger charge is 2.39. The number of amides is 2. The van der Waals surface area contributed by atoms with Gasteiger partial charge in [-0.15, -0.1) is 6.42 Å². The van der Waals surface area contributed by atoms with E-state index in [2.05, 4.69) is 16.6 Å². The van der Waals surface area contributed by atoms with E-state index in [-0.39, 0.29) is 0 Å². The molecule has 0 bridgehead atoms. The van der Waals surface area contributed by atoms with Gasteiger partial charge in [0.25, 0.3) is 11.8 Å². The van der Waals surface area contributed by atoms with E-state index in [4.69, 9.17) is 6.42 Å². The van der Waals surface area contributed by atoms with Crippen molar-refractivity contribution in [1.82, 2.24) is 15.5 Å². The van der Waals surface area contributed by atoms with Gasteiger partial charge in [0.05, 0.1) is 5.94 Å². The maximum atomic E-state index is 12.5. The molecule has 8 heteroatoms. The first-order chi connectivity index (χ1) is 12.0. The molecule has 1 fully saturated rings. The number of likely N-dealkylation sites (tertiary alicyclic amines) is 1. The Morgan fingerprint density at radius 3 is 2.64 bits per heavy atom. The van der Waals surface area contributed by atoms with Crippen LogP contribution in [-0.4, -0.2) is 59.5 Å². The summed E-state index contributed by atoms with van der Waals surface area (Å²) in [7, 11) is 0.207. The number of terminal acetylenes is 1. The molecule has 0 spiro atoms. The molecule has 1 saturated heterocycles. The molecule has 2 atom stereocenters. The summed E-state index contributed by atoms with van der Waals surface area (Å²) in [5.74, 6) is 0.628. The lowest BCUT2D eigenvalue weighted by Crippen LogP contribution is -2.53. The third-order valence-corrected chi connectivity index (χ3v) is 4.21. The number of nitrogens with zero attached hydrogens (tertiary/aromatic N) is 1. The van der Waals surface area contributed by atoms with Crippen molar-refractivity contribution in [2.24, 2.45) is 0 Å². The van der Waals surface area contributed by atoms with Crippen molar-refractivity contribution in [1.29, 1.82) is 0 Å². The average molecular weight is 343 g/mol. The number of carbonyl (C=O) groups is 2. The molecule has 1 aromatic carbocycles. The van der Waals surface area contributed by atoms with Crippen LogP contribution >= 0.6 is 0 Å². The van der Waals surface area contributed by atoms with Crippen LogP contribution in [0.5, 0.6) is 0 Å². The molecule has 1 aliphatic rings. The Balaban J connectivity index is 2.04. The Bertz CT molecular complexity index is 657. The lowest BCUT2D eigenvalue weighted by Gasteiger charge is -2.26. The summed E-state index contributed by atoms with van der Waals surface area (Å²) in [6.45, 7) is 1.07. The van der Waals surface area contributed by atoms with Crippen LogP contribution in [0.2, 0.25) is 0 Å². The number of hydrogen-bond donors (Lipinski definition) is 4. The Kier molecular flexibility index (Phi) is 6.59. The van der Waals surface area contributed by atoms with Gasteiger partial charge < -0.3 is 25.6 Å². The molecule has 2 rings (SSSR count). The van der Waals surface area contributed by atoms with Crippen molar-refractivity contribution in [2.45, 2.75) is 31.4 Å². The molecule has 1 heterocycles. The SMILES string of the molecule is C#C[C@@H](NC(=O)c1ccc(CNC)cc1)C(=O)N1CCC[C@H]1B(O)O. The Labute approximate surface area is 147 Å². The first kappa shape index (κ1) is 19.0. The molecule has 1 aromatic rings. The smallest absolute Gasteiger partial charge is 0.426 e. The fourth-order valence-corrected chi connectivity index (χ4v) is 2.91. The third kappa shape index (κ3) is 4.60. The van der Waals surface area contributed by atoms with E-state index in [1.54, 1.807) is 12.1 Å². The lowest BCUT2D eigenvalue weighted by molar-refractivity contribution is -0.131. The minimum atomic E-state index is -1.62. The number of benzene rings is 1. The molecule has 0 unspecified atom stereocenters. The molecule has 0 aromatic heterocycles. The fraction of sp³-hybridized carbons (Fsp3) is 0.412. The largest absolute Gasteiger partial charge is 0.475 e. The van der Waals surface area contributed by atoms with Crippen LogP contribution in [0.25, 0.3) is 0 Å². The molecule has 0 aliphatic carbocycles. The van der Waals surface area contributed by atoms with E-state index in [9.17, 15) is 19.6 Å². The first-order valence-corrected chi connectivity index (χ1v) is 8.15. The summed E-state index contributed by atoms with van der Waals surface area (Å²) < 4.78 is 0. The third-order valence-electron chi connectivity index (χ3n) is 4.21. The summed E-state index contributed by atoms with van der Waals surface area (Å²) >= 11 is 0. The van der Waals surface area contributed by atoms with Gasteiger partial charge in [-0.3, -0.25) is 9.59 Å². The number of carbonyl (C=O) groups excluding carboxylic acids is 2. The molecular weight excluding hydrogens is 321 g/mol. The monoisotopic (exact) mass is 343 g/mol. The van der Waals surface area contributed by atoms with E-state index >= 15 is 0 Å². The predicted molar refractivity (Wildman–Crippen MR) is 94.2 cm³/mol. The molecule has 1 aliphatic heterocycles. The van der Waals surface area contributed by atoms with E-state index in [0.717, 1.165) is 5.56 Å². The fourth-order valence-electron chi connectivity index (χ4n) is 2.91. The zero-order valence-electron chi connectivity index (χ0n) is 14.1. The quantitative estimate of drug-likeness (QED) is 0.398. The first-order valence-electron chi connectivity index (χ1n) is 8.15.